The first-order valence-electron chi connectivity index (χ1n) is 8.90. The second-order valence-corrected chi connectivity index (χ2v) is 6.08. The predicted octanol–water partition coefficient (Wildman–Crippen LogP) is 2.27. The van der Waals surface area contributed by atoms with E-state index in [0.29, 0.717) is 17.5 Å². The summed E-state index contributed by atoms with van der Waals surface area (Å²) >= 11 is 0. The first kappa shape index (κ1) is 21.0. The number of nitrogens with zero attached hydrogens (tertiary/aromatic N) is 5. The standard InChI is InChI=1S/C18H16N8O5/c27-18(12-9-13(25(28)29)11-14(10-12)26(30)31)21-8-7-20-16-4-5-17(24-23-16)22-15-3-1-2-6-19-15/h1-6,9-11H,7-8H2,(H,20,23)(H,21,27)(H,19,22,24). The summed E-state index contributed by atoms with van der Waals surface area (Å²) in [5, 5.41) is 38.3. The van der Waals surface area contributed by atoms with Gasteiger partial charge in [-0.05, 0) is 24.3 Å². The summed E-state index contributed by atoms with van der Waals surface area (Å²) in [7, 11) is 0. The van der Waals surface area contributed by atoms with E-state index in [1.165, 1.54) is 0 Å². The van der Waals surface area contributed by atoms with E-state index in [1.54, 1.807) is 30.5 Å². The number of benzene rings is 1. The quantitative estimate of drug-likeness (QED) is 0.262. The maximum atomic E-state index is 12.2. The molecule has 0 bridgehead atoms. The maximum Gasteiger partial charge on any atom is 0.277 e. The summed E-state index contributed by atoms with van der Waals surface area (Å²) in [5.74, 6) is 0.924. The number of non-ortho nitro benzene ring substituents is 2. The molecule has 31 heavy (non-hydrogen) atoms. The van der Waals surface area contributed by atoms with Crippen LogP contribution in [0.25, 0.3) is 0 Å². The molecule has 0 spiro atoms. The number of amides is 1. The lowest BCUT2D eigenvalue weighted by atomic mass is 10.1. The van der Waals surface area contributed by atoms with Crippen LogP contribution in [0.4, 0.5) is 28.8 Å². The third-order valence-corrected chi connectivity index (χ3v) is 3.89. The number of hydrogen-bond donors (Lipinski definition) is 3. The molecule has 0 radical (unpaired) electrons. The number of anilines is 3. The minimum atomic E-state index is -0.795. The third-order valence-electron chi connectivity index (χ3n) is 3.89. The van der Waals surface area contributed by atoms with Crippen molar-refractivity contribution in [3.63, 3.8) is 0 Å². The van der Waals surface area contributed by atoms with Crippen LogP contribution in [0.1, 0.15) is 10.4 Å². The smallest absolute Gasteiger partial charge is 0.277 e. The Balaban J connectivity index is 1.51. The molecule has 13 nitrogen and oxygen atoms in total. The fraction of sp³-hybridized carbons (Fsp3) is 0.111. The Morgan fingerprint density at radius 3 is 2.13 bits per heavy atom. The first-order valence-corrected chi connectivity index (χ1v) is 8.90. The minimum absolute atomic E-state index is 0.144. The third kappa shape index (κ3) is 5.90. The second-order valence-electron chi connectivity index (χ2n) is 6.08. The van der Waals surface area contributed by atoms with Gasteiger partial charge in [0.15, 0.2) is 5.82 Å². The van der Waals surface area contributed by atoms with Crippen molar-refractivity contribution in [1.82, 2.24) is 20.5 Å². The van der Waals surface area contributed by atoms with E-state index in [4.69, 9.17) is 0 Å². The van der Waals surface area contributed by atoms with Crippen LogP contribution in [0.3, 0.4) is 0 Å². The topological polar surface area (TPSA) is 178 Å². The van der Waals surface area contributed by atoms with Crippen LogP contribution in [-0.4, -0.2) is 44.0 Å². The Kier molecular flexibility index (Phi) is 6.57. The van der Waals surface area contributed by atoms with Gasteiger partial charge in [-0.15, -0.1) is 10.2 Å². The van der Waals surface area contributed by atoms with Gasteiger partial charge in [0, 0.05) is 31.4 Å². The van der Waals surface area contributed by atoms with Gasteiger partial charge in [0.2, 0.25) is 0 Å². The number of carbonyl (C=O) groups is 1. The number of carbonyl (C=O) groups excluding carboxylic acids is 1. The van der Waals surface area contributed by atoms with Crippen LogP contribution >= 0.6 is 0 Å². The van der Waals surface area contributed by atoms with Crippen LogP contribution in [0, 0.1) is 20.2 Å². The molecule has 2 aromatic heterocycles. The fourth-order valence-corrected chi connectivity index (χ4v) is 2.47. The van der Waals surface area contributed by atoms with Gasteiger partial charge in [-0.25, -0.2) is 4.98 Å². The first-order chi connectivity index (χ1) is 14.9. The van der Waals surface area contributed by atoms with Gasteiger partial charge in [-0.1, -0.05) is 6.07 Å². The van der Waals surface area contributed by atoms with Gasteiger partial charge in [0.1, 0.15) is 11.6 Å². The van der Waals surface area contributed by atoms with Crippen LogP contribution in [-0.2, 0) is 0 Å². The van der Waals surface area contributed by atoms with E-state index >= 15 is 0 Å². The molecule has 0 atom stereocenters. The highest BCUT2D eigenvalue weighted by atomic mass is 16.6. The lowest BCUT2D eigenvalue weighted by molar-refractivity contribution is -0.394. The second kappa shape index (κ2) is 9.69. The number of pyridine rings is 1. The zero-order valence-corrected chi connectivity index (χ0v) is 15.9. The zero-order valence-electron chi connectivity index (χ0n) is 15.9. The monoisotopic (exact) mass is 424 g/mol. The van der Waals surface area contributed by atoms with Crippen molar-refractivity contribution >= 4 is 34.7 Å². The van der Waals surface area contributed by atoms with E-state index in [-0.39, 0.29) is 18.7 Å². The van der Waals surface area contributed by atoms with Crippen LogP contribution in [0.15, 0.2) is 54.7 Å². The van der Waals surface area contributed by atoms with Crippen LogP contribution < -0.4 is 16.0 Å². The van der Waals surface area contributed by atoms with Crippen molar-refractivity contribution < 1.29 is 14.6 Å². The molecule has 3 rings (SSSR count). The predicted molar refractivity (Wildman–Crippen MR) is 110 cm³/mol. The van der Waals surface area contributed by atoms with Gasteiger partial charge >= 0.3 is 0 Å². The van der Waals surface area contributed by atoms with E-state index < -0.39 is 27.1 Å². The largest absolute Gasteiger partial charge is 0.367 e. The SMILES string of the molecule is O=C(NCCNc1ccc(Nc2ccccn2)nn1)c1cc([N+](=O)[O-])cc([N+](=O)[O-])c1. The van der Waals surface area contributed by atoms with Crippen LogP contribution in [0.2, 0.25) is 0 Å². The van der Waals surface area contributed by atoms with Crippen molar-refractivity contribution in [3.05, 3.63) is 80.5 Å². The highest BCUT2D eigenvalue weighted by molar-refractivity contribution is 5.95. The lowest BCUT2D eigenvalue weighted by Gasteiger charge is -2.08. The van der Waals surface area contributed by atoms with Crippen molar-refractivity contribution in [2.24, 2.45) is 0 Å². The van der Waals surface area contributed by atoms with Crippen molar-refractivity contribution in [1.29, 1.82) is 0 Å². The fourth-order valence-electron chi connectivity index (χ4n) is 2.47. The van der Waals surface area contributed by atoms with Gasteiger partial charge in [0.25, 0.3) is 17.3 Å². The molecule has 0 saturated carbocycles. The van der Waals surface area contributed by atoms with Gasteiger partial charge in [-0.3, -0.25) is 25.0 Å². The van der Waals surface area contributed by atoms with E-state index in [1.807, 2.05) is 6.07 Å². The molecule has 2 heterocycles. The summed E-state index contributed by atoms with van der Waals surface area (Å²) < 4.78 is 0. The van der Waals surface area contributed by atoms with Gasteiger partial charge < -0.3 is 16.0 Å². The molecule has 0 saturated heterocycles. The number of hydrogen-bond acceptors (Lipinski definition) is 10. The number of nitro benzene ring substituents is 2. The average Bonchev–Trinajstić information content (AvgIpc) is 2.78. The molecule has 0 unspecified atom stereocenters. The van der Waals surface area contributed by atoms with Crippen molar-refractivity contribution in [3.8, 4) is 0 Å². The van der Waals surface area contributed by atoms with Crippen molar-refractivity contribution in [2.45, 2.75) is 0 Å². The average molecular weight is 424 g/mol. The Morgan fingerprint density at radius 1 is 0.871 bits per heavy atom. The Morgan fingerprint density at radius 2 is 1.55 bits per heavy atom. The lowest BCUT2D eigenvalue weighted by Crippen LogP contribution is -2.29. The van der Waals surface area contributed by atoms with Gasteiger partial charge in [-0.2, -0.15) is 0 Å². The highest BCUT2D eigenvalue weighted by Crippen LogP contribution is 2.22. The summed E-state index contributed by atoms with van der Waals surface area (Å²) in [4.78, 5) is 36.6. The molecule has 0 aliphatic rings. The molecule has 13 heteroatoms. The summed E-state index contributed by atoms with van der Waals surface area (Å²) in [6, 6.07) is 11.6. The molecular weight excluding hydrogens is 408 g/mol. The minimum Gasteiger partial charge on any atom is -0.367 e. The summed E-state index contributed by atoms with van der Waals surface area (Å²) in [6.07, 6.45) is 1.64. The molecule has 1 aromatic carbocycles. The summed E-state index contributed by atoms with van der Waals surface area (Å²) in [6.45, 7) is 0.426. The number of aromatic nitrogens is 3. The highest BCUT2D eigenvalue weighted by Gasteiger charge is 2.19. The van der Waals surface area contributed by atoms with Crippen molar-refractivity contribution in [2.75, 3.05) is 23.7 Å². The number of nitro groups is 2. The zero-order chi connectivity index (χ0) is 22.2. The van der Waals surface area contributed by atoms with E-state index in [2.05, 4.69) is 31.1 Å². The Hall–Kier alpha value is -4.68. The van der Waals surface area contributed by atoms with E-state index in [0.717, 1.165) is 18.2 Å². The molecule has 3 aromatic rings. The molecule has 0 aliphatic carbocycles. The molecule has 1 amide bonds. The normalized spacial score (nSPS) is 10.2. The molecular formula is C18H16N8O5. The van der Waals surface area contributed by atoms with Gasteiger partial charge in [0.05, 0.1) is 21.5 Å². The molecule has 158 valence electrons. The summed E-state index contributed by atoms with van der Waals surface area (Å²) in [5.41, 5.74) is -1.25. The number of rotatable bonds is 9. The molecule has 3 N–H and O–H groups in total. The van der Waals surface area contributed by atoms with E-state index in [9.17, 15) is 25.0 Å². The Labute approximate surface area is 174 Å². The molecule has 0 aliphatic heterocycles. The van der Waals surface area contributed by atoms with Crippen LogP contribution in [0.5, 0.6) is 0 Å². The number of nitrogens with one attached hydrogen (secondary N) is 3. The Bertz CT molecular complexity index is 1060. The molecule has 0 fully saturated rings. The maximum absolute atomic E-state index is 12.2.